The van der Waals surface area contributed by atoms with Gasteiger partial charge in [-0.1, -0.05) is 43.2 Å². The molecule has 2 atom stereocenters. The minimum absolute atomic E-state index is 0.0630. The van der Waals surface area contributed by atoms with Gasteiger partial charge in [0.1, 0.15) is 0 Å². The summed E-state index contributed by atoms with van der Waals surface area (Å²) in [7, 11) is 0. The summed E-state index contributed by atoms with van der Waals surface area (Å²) in [6.07, 6.45) is 3.78. The van der Waals surface area contributed by atoms with Crippen molar-refractivity contribution in [2.45, 2.75) is 38.5 Å². The van der Waals surface area contributed by atoms with E-state index in [1.54, 1.807) is 11.3 Å². The maximum atomic E-state index is 12.8. The van der Waals surface area contributed by atoms with E-state index >= 15 is 0 Å². The maximum Gasteiger partial charge on any atom is 0.310 e. The van der Waals surface area contributed by atoms with Gasteiger partial charge in [0.05, 0.1) is 21.1 Å². The standard InChI is InChI=1S/C23H24N2O3S/c1-15-8-2-5-11-18(15)24-21(26)14-28-23(27)17-10-4-3-9-16(17)22-25-19-12-6-7-13-20(19)29-22/h2,5-8,11-13,16-17H,3-4,9-10,14H2,1H3,(H,24,26)/t16-,17-/m1/s1. The van der Waals surface area contributed by atoms with E-state index in [0.717, 1.165) is 52.2 Å². The molecule has 1 fully saturated rings. The lowest BCUT2D eigenvalue weighted by Crippen LogP contribution is -2.30. The lowest BCUT2D eigenvalue weighted by atomic mass is 9.79. The van der Waals surface area contributed by atoms with Crippen LogP contribution in [0, 0.1) is 12.8 Å². The molecule has 1 N–H and O–H groups in total. The molecule has 0 spiro atoms. The highest BCUT2D eigenvalue weighted by Gasteiger charge is 2.35. The predicted molar refractivity (Wildman–Crippen MR) is 115 cm³/mol. The van der Waals surface area contributed by atoms with Gasteiger partial charge in [0.25, 0.3) is 5.91 Å². The van der Waals surface area contributed by atoms with Gasteiger partial charge in [-0.2, -0.15) is 0 Å². The number of hydrogen-bond donors (Lipinski definition) is 1. The van der Waals surface area contributed by atoms with Gasteiger partial charge in [-0.25, -0.2) is 4.98 Å². The number of anilines is 1. The van der Waals surface area contributed by atoms with Crippen molar-refractivity contribution in [1.82, 2.24) is 4.98 Å². The molecule has 1 amide bonds. The van der Waals surface area contributed by atoms with E-state index in [4.69, 9.17) is 9.72 Å². The Kier molecular flexibility index (Phi) is 5.90. The highest BCUT2D eigenvalue weighted by Crippen LogP contribution is 2.41. The number of esters is 1. The molecule has 0 saturated heterocycles. The molecule has 2 aromatic carbocycles. The summed E-state index contributed by atoms with van der Waals surface area (Å²) in [6.45, 7) is 1.66. The number of aryl methyl sites for hydroxylation is 1. The third-order valence-corrected chi connectivity index (χ3v) is 6.63. The molecule has 1 aliphatic carbocycles. The van der Waals surface area contributed by atoms with Gasteiger partial charge in [0.2, 0.25) is 0 Å². The highest BCUT2D eigenvalue weighted by atomic mass is 32.1. The van der Waals surface area contributed by atoms with Crippen LogP contribution in [-0.2, 0) is 14.3 Å². The van der Waals surface area contributed by atoms with Crippen LogP contribution in [0.15, 0.2) is 48.5 Å². The molecule has 5 nitrogen and oxygen atoms in total. The molecule has 0 radical (unpaired) electrons. The number of fused-ring (bicyclic) bond motifs is 1. The number of nitrogens with zero attached hydrogens (tertiary/aromatic N) is 1. The summed E-state index contributed by atoms with van der Waals surface area (Å²) >= 11 is 1.65. The fourth-order valence-electron chi connectivity index (χ4n) is 3.90. The topological polar surface area (TPSA) is 68.3 Å². The van der Waals surface area contributed by atoms with Gasteiger partial charge in [0.15, 0.2) is 6.61 Å². The van der Waals surface area contributed by atoms with Crippen LogP contribution in [-0.4, -0.2) is 23.5 Å². The molecule has 0 aliphatic heterocycles. The Bertz CT molecular complexity index is 997. The lowest BCUT2D eigenvalue weighted by molar-refractivity contribution is -0.153. The fraction of sp³-hybridized carbons (Fsp3) is 0.348. The Morgan fingerprint density at radius 2 is 1.86 bits per heavy atom. The summed E-state index contributed by atoms with van der Waals surface area (Å²) in [5.41, 5.74) is 2.68. The van der Waals surface area contributed by atoms with Crippen LogP contribution in [0.5, 0.6) is 0 Å². The minimum atomic E-state index is -0.319. The molecule has 1 heterocycles. The highest BCUT2D eigenvalue weighted by molar-refractivity contribution is 7.18. The normalized spacial score (nSPS) is 19.1. The van der Waals surface area contributed by atoms with E-state index in [2.05, 4.69) is 11.4 Å². The molecule has 1 aromatic heterocycles. The summed E-state index contributed by atoms with van der Waals surface area (Å²) < 4.78 is 6.54. The van der Waals surface area contributed by atoms with Crippen molar-refractivity contribution >= 4 is 39.1 Å². The summed E-state index contributed by atoms with van der Waals surface area (Å²) in [5.74, 6) is -0.794. The van der Waals surface area contributed by atoms with Crippen LogP contribution >= 0.6 is 11.3 Å². The Morgan fingerprint density at radius 1 is 1.10 bits per heavy atom. The van der Waals surface area contributed by atoms with E-state index < -0.39 is 0 Å². The lowest BCUT2D eigenvalue weighted by Gasteiger charge is -2.28. The van der Waals surface area contributed by atoms with E-state index in [1.807, 2.05) is 49.4 Å². The number of hydrogen-bond acceptors (Lipinski definition) is 5. The van der Waals surface area contributed by atoms with Crippen LogP contribution < -0.4 is 5.32 Å². The van der Waals surface area contributed by atoms with Crippen LogP contribution in [0.1, 0.15) is 42.2 Å². The zero-order valence-electron chi connectivity index (χ0n) is 16.4. The SMILES string of the molecule is Cc1ccccc1NC(=O)COC(=O)[C@@H]1CCCC[C@H]1c1nc2ccccc2s1. The van der Waals surface area contributed by atoms with E-state index in [1.165, 1.54) is 0 Å². The minimum Gasteiger partial charge on any atom is -0.455 e. The molecule has 29 heavy (non-hydrogen) atoms. The third kappa shape index (κ3) is 4.48. The van der Waals surface area contributed by atoms with Gasteiger partial charge in [-0.3, -0.25) is 9.59 Å². The molecule has 6 heteroatoms. The van der Waals surface area contributed by atoms with Gasteiger partial charge >= 0.3 is 5.97 Å². The Balaban J connectivity index is 1.41. The van der Waals surface area contributed by atoms with Crippen molar-refractivity contribution in [3.8, 4) is 0 Å². The molecule has 0 bridgehead atoms. The number of para-hydroxylation sites is 2. The predicted octanol–water partition coefficient (Wildman–Crippen LogP) is 5.06. The number of benzene rings is 2. The average Bonchev–Trinajstić information content (AvgIpc) is 3.18. The molecule has 1 saturated carbocycles. The molecule has 3 aromatic rings. The third-order valence-electron chi connectivity index (χ3n) is 5.46. The first kappa shape index (κ1) is 19.6. The Hall–Kier alpha value is -2.73. The van der Waals surface area contributed by atoms with E-state index in [0.29, 0.717) is 0 Å². The van der Waals surface area contributed by atoms with Gasteiger partial charge < -0.3 is 10.1 Å². The zero-order valence-corrected chi connectivity index (χ0v) is 17.2. The molecule has 4 rings (SSSR count). The van der Waals surface area contributed by atoms with Crippen molar-refractivity contribution in [3.05, 3.63) is 59.1 Å². The first-order valence-electron chi connectivity index (χ1n) is 9.99. The molecule has 0 unspecified atom stereocenters. The first-order valence-corrected chi connectivity index (χ1v) is 10.8. The van der Waals surface area contributed by atoms with E-state index in [-0.39, 0.29) is 30.3 Å². The number of carbonyl (C=O) groups excluding carboxylic acids is 2. The molecular formula is C23H24N2O3S. The van der Waals surface area contributed by atoms with Crippen molar-refractivity contribution in [1.29, 1.82) is 0 Å². The van der Waals surface area contributed by atoms with Crippen molar-refractivity contribution < 1.29 is 14.3 Å². The molecular weight excluding hydrogens is 384 g/mol. The summed E-state index contributed by atoms with van der Waals surface area (Å²) in [6, 6.07) is 15.6. The van der Waals surface area contributed by atoms with Crippen molar-refractivity contribution in [2.75, 3.05) is 11.9 Å². The second-order valence-corrected chi connectivity index (χ2v) is 8.55. The zero-order chi connectivity index (χ0) is 20.2. The largest absolute Gasteiger partial charge is 0.455 e. The number of thiazole rings is 1. The number of nitrogens with one attached hydrogen (secondary N) is 1. The fourth-order valence-corrected chi connectivity index (χ4v) is 5.07. The quantitative estimate of drug-likeness (QED) is 0.599. The smallest absolute Gasteiger partial charge is 0.310 e. The first-order chi connectivity index (χ1) is 14.1. The molecule has 1 aliphatic rings. The number of amides is 1. The summed E-state index contributed by atoms with van der Waals surface area (Å²) in [5, 5.41) is 3.80. The summed E-state index contributed by atoms with van der Waals surface area (Å²) in [4.78, 5) is 29.8. The van der Waals surface area contributed by atoms with Gasteiger partial charge in [0, 0.05) is 11.6 Å². The number of rotatable bonds is 5. The van der Waals surface area contributed by atoms with Crippen LogP contribution in [0.2, 0.25) is 0 Å². The number of aromatic nitrogens is 1. The second-order valence-electron chi connectivity index (χ2n) is 7.49. The maximum absolute atomic E-state index is 12.8. The second kappa shape index (κ2) is 8.74. The Morgan fingerprint density at radius 3 is 2.69 bits per heavy atom. The van der Waals surface area contributed by atoms with Crippen molar-refractivity contribution in [3.63, 3.8) is 0 Å². The number of ether oxygens (including phenoxy) is 1. The molecule has 150 valence electrons. The monoisotopic (exact) mass is 408 g/mol. The van der Waals surface area contributed by atoms with Crippen molar-refractivity contribution in [2.24, 2.45) is 5.92 Å². The average molecular weight is 409 g/mol. The van der Waals surface area contributed by atoms with Crippen LogP contribution in [0.3, 0.4) is 0 Å². The Labute approximate surface area is 174 Å². The number of carbonyl (C=O) groups is 2. The van der Waals surface area contributed by atoms with E-state index in [9.17, 15) is 9.59 Å². The van der Waals surface area contributed by atoms with Crippen LogP contribution in [0.25, 0.3) is 10.2 Å². The van der Waals surface area contributed by atoms with Gasteiger partial charge in [-0.15, -0.1) is 11.3 Å². The van der Waals surface area contributed by atoms with Gasteiger partial charge in [-0.05, 0) is 43.5 Å². The van der Waals surface area contributed by atoms with Crippen LogP contribution in [0.4, 0.5) is 5.69 Å².